The monoisotopic (exact) mass is 476 g/mol. The number of H-pyrrole nitrogens is 1. The van der Waals surface area contributed by atoms with Gasteiger partial charge < -0.3 is 15.6 Å². The van der Waals surface area contributed by atoms with Gasteiger partial charge in [0.2, 0.25) is 11.8 Å². The van der Waals surface area contributed by atoms with Gasteiger partial charge in [-0.3, -0.25) is 24.1 Å². The third-order valence-corrected chi connectivity index (χ3v) is 6.31. The molecule has 2 aromatic carbocycles. The molecule has 1 aliphatic rings. The molecular weight excluding hydrogens is 452 g/mol. The Bertz CT molecular complexity index is 1270. The topological polar surface area (TPSA) is 111 Å². The van der Waals surface area contributed by atoms with Crippen molar-refractivity contribution in [3.8, 4) is 0 Å². The summed E-state index contributed by atoms with van der Waals surface area (Å²) >= 11 is 0.879. The molecule has 4 rings (SSSR count). The molecule has 0 radical (unpaired) electrons. The largest absolute Gasteiger partial charge is 0.361 e. The van der Waals surface area contributed by atoms with E-state index in [0.717, 1.165) is 38.7 Å². The van der Waals surface area contributed by atoms with Crippen LogP contribution < -0.4 is 10.6 Å². The molecule has 0 aliphatic carbocycles. The Morgan fingerprint density at radius 2 is 1.82 bits per heavy atom. The van der Waals surface area contributed by atoms with Gasteiger partial charge in [-0.15, -0.1) is 0 Å². The fourth-order valence-corrected chi connectivity index (χ4v) is 4.65. The van der Waals surface area contributed by atoms with Crippen molar-refractivity contribution in [2.75, 3.05) is 13.1 Å². The van der Waals surface area contributed by atoms with E-state index in [9.17, 15) is 19.2 Å². The molecule has 9 heteroatoms. The molecule has 8 nitrogen and oxygen atoms in total. The fourth-order valence-electron chi connectivity index (χ4n) is 3.78. The molecular formula is C25H24N4O4S. The van der Waals surface area contributed by atoms with Gasteiger partial charge in [-0.25, -0.2) is 0 Å². The standard InChI is InChI=1S/C25H24N4O4S/c1-16(30)28-21(14-18-15-27-20-10-6-5-9-19(18)20)23(31)26-11-12-29-24(32)22(34-25(29)33)13-17-7-3-2-4-8-17/h2-10,13,15,21,27H,11-12,14H2,1H3,(H,26,31)(H,28,30)/b22-13-/t21-/m0/s1. The number of benzene rings is 2. The highest BCUT2D eigenvalue weighted by atomic mass is 32.2. The van der Waals surface area contributed by atoms with Gasteiger partial charge in [0, 0.05) is 43.5 Å². The molecule has 34 heavy (non-hydrogen) atoms. The number of aromatic amines is 1. The minimum Gasteiger partial charge on any atom is -0.361 e. The zero-order valence-corrected chi connectivity index (χ0v) is 19.4. The Kier molecular flexibility index (Phi) is 7.12. The predicted molar refractivity (Wildman–Crippen MR) is 132 cm³/mol. The second kappa shape index (κ2) is 10.4. The summed E-state index contributed by atoms with van der Waals surface area (Å²) in [6.07, 6.45) is 3.81. The maximum Gasteiger partial charge on any atom is 0.293 e. The molecule has 1 aromatic heterocycles. The molecule has 1 aliphatic heterocycles. The first-order valence-electron chi connectivity index (χ1n) is 10.8. The zero-order chi connectivity index (χ0) is 24.1. The number of rotatable bonds is 8. The summed E-state index contributed by atoms with van der Waals surface area (Å²) in [5.41, 5.74) is 2.68. The van der Waals surface area contributed by atoms with Gasteiger partial charge in [-0.05, 0) is 35.0 Å². The first kappa shape index (κ1) is 23.3. The van der Waals surface area contributed by atoms with Crippen LogP contribution in [-0.2, 0) is 20.8 Å². The van der Waals surface area contributed by atoms with Crippen molar-refractivity contribution in [1.29, 1.82) is 0 Å². The van der Waals surface area contributed by atoms with Gasteiger partial charge in [0.1, 0.15) is 6.04 Å². The lowest BCUT2D eigenvalue weighted by atomic mass is 10.0. The Morgan fingerprint density at radius 1 is 1.09 bits per heavy atom. The summed E-state index contributed by atoms with van der Waals surface area (Å²) in [4.78, 5) is 54.2. The van der Waals surface area contributed by atoms with E-state index in [1.54, 1.807) is 6.08 Å². The molecule has 3 N–H and O–H groups in total. The summed E-state index contributed by atoms with van der Waals surface area (Å²) < 4.78 is 0. The van der Waals surface area contributed by atoms with Crippen LogP contribution in [0, 0.1) is 0 Å². The number of imide groups is 1. The van der Waals surface area contributed by atoms with Crippen LogP contribution in [0.3, 0.4) is 0 Å². The summed E-state index contributed by atoms with van der Waals surface area (Å²) in [7, 11) is 0. The highest BCUT2D eigenvalue weighted by Gasteiger charge is 2.34. The van der Waals surface area contributed by atoms with Gasteiger partial charge in [-0.2, -0.15) is 0 Å². The molecule has 0 spiro atoms. The van der Waals surface area contributed by atoms with E-state index in [1.807, 2.05) is 60.8 Å². The first-order chi connectivity index (χ1) is 16.4. The van der Waals surface area contributed by atoms with Crippen molar-refractivity contribution in [2.45, 2.75) is 19.4 Å². The van der Waals surface area contributed by atoms with Crippen LogP contribution in [0.4, 0.5) is 4.79 Å². The molecule has 1 saturated heterocycles. The number of nitrogens with one attached hydrogen (secondary N) is 3. The summed E-state index contributed by atoms with van der Waals surface area (Å²) in [6, 6.07) is 16.2. The van der Waals surface area contributed by atoms with E-state index in [1.165, 1.54) is 6.92 Å². The second-order valence-electron chi connectivity index (χ2n) is 7.85. The van der Waals surface area contributed by atoms with Gasteiger partial charge >= 0.3 is 0 Å². The van der Waals surface area contributed by atoms with Crippen LogP contribution in [0.2, 0.25) is 0 Å². The highest BCUT2D eigenvalue weighted by Crippen LogP contribution is 2.31. The van der Waals surface area contributed by atoms with Gasteiger partial charge in [0.15, 0.2) is 0 Å². The van der Waals surface area contributed by atoms with Gasteiger partial charge in [0.05, 0.1) is 4.91 Å². The Labute approximate surface area is 200 Å². The van der Waals surface area contributed by atoms with Crippen molar-refractivity contribution in [3.63, 3.8) is 0 Å². The van der Waals surface area contributed by atoms with Crippen molar-refractivity contribution in [3.05, 3.63) is 76.8 Å². The minimum atomic E-state index is -0.787. The van der Waals surface area contributed by atoms with Crippen molar-refractivity contribution < 1.29 is 19.2 Å². The second-order valence-corrected chi connectivity index (χ2v) is 8.84. The third-order valence-electron chi connectivity index (χ3n) is 5.40. The predicted octanol–water partition coefficient (Wildman–Crippen LogP) is 3.07. The van der Waals surface area contributed by atoms with Crippen LogP contribution in [0.5, 0.6) is 0 Å². The minimum absolute atomic E-state index is 0.0441. The van der Waals surface area contributed by atoms with Crippen LogP contribution >= 0.6 is 11.8 Å². The number of hydrogen-bond donors (Lipinski definition) is 3. The molecule has 4 amide bonds. The van der Waals surface area contributed by atoms with Gasteiger partial charge in [0.25, 0.3) is 11.1 Å². The number of aromatic nitrogens is 1. The van der Waals surface area contributed by atoms with E-state index in [-0.39, 0.29) is 36.1 Å². The number of carbonyl (C=O) groups excluding carboxylic acids is 4. The number of para-hydroxylation sites is 1. The highest BCUT2D eigenvalue weighted by molar-refractivity contribution is 8.18. The van der Waals surface area contributed by atoms with E-state index in [0.29, 0.717) is 11.3 Å². The number of hydrogen-bond acceptors (Lipinski definition) is 5. The number of amides is 4. The van der Waals surface area contributed by atoms with Crippen LogP contribution in [0.1, 0.15) is 18.1 Å². The van der Waals surface area contributed by atoms with Gasteiger partial charge in [-0.1, -0.05) is 48.5 Å². The molecule has 1 fully saturated rings. The maximum atomic E-state index is 12.8. The number of fused-ring (bicyclic) bond motifs is 1. The summed E-state index contributed by atoms with van der Waals surface area (Å²) in [5.74, 6) is -1.09. The van der Waals surface area contributed by atoms with Crippen LogP contribution in [0.15, 0.2) is 65.7 Å². The van der Waals surface area contributed by atoms with E-state index in [2.05, 4.69) is 15.6 Å². The average Bonchev–Trinajstić information content (AvgIpc) is 3.34. The van der Waals surface area contributed by atoms with E-state index >= 15 is 0 Å². The van der Waals surface area contributed by atoms with Crippen LogP contribution in [-0.4, -0.2) is 52.0 Å². The van der Waals surface area contributed by atoms with Crippen molar-refractivity contribution in [2.24, 2.45) is 0 Å². The quantitative estimate of drug-likeness (QED) is 0.433. The third kappa shape index (κ3) is 5.37. The Balaban J connectivity index is 1.37. The fraction of sp³-hybridized carbons (Fsp3) is 0.200. The summed E-state index contributed by atoms with van der Waals surface area (Å²) in [6.45, 7) is 1.48. The smallest absolute Gasteiger partial charge is 0.293 e. The van der Waals surface area contributed by atoms with Crippen molar-refractivity contribution >= 4 is 51.7 Å². The lowest BCUT2D eigenvalue weighted by Crippen LogP contribution is -2.49. The number of thioether (sulfide) groups is 1. The lowest BCUT2D eigenvalue weighted by Gasteiger charge is -2.19. The first-order valence-corrected chi connectivity index (χ1v) is 11.6. The Hall–Kier alpha value is -3.85. The SMILES string of the molecule is CC(=O)N[C@@H](Cc1c[nH]c2ccccc12)C(=O)NCCN1C(=O)S/C(=C\c2ccccc2)C1=O. The van der Waals surface area contributed by atoms with Crippen LogP contribution in [0.25, 0.3) is 17.0 Å². The van der Waals surface area contributed by atoms with E-state index < -0.39 is 6.04 Å². The van der Waals surface area contributed by atoms with E-state index in [4.69, 9.17) is 0 Å². The molecule has 0 saturated carbocycles. The molecule has 0 unspecified atom stereocenters. The average molecular weight is 477 g/mol. The zero-order valence-electron chi connectivity index (χ0n) is 18.5. The maximum absolute atomic E-state index is 12.8. The normalized spacial score (nSPS) is 15.7. The van der Waals surface area contributed by atoms with Crippen molar-refractivity contribution in [1.82, 2.24) is 20.5 Å². The molecule has 3 aromatic rings. The summed E-state index contributed by atoms with van der Waals surface area (Å²) in [5, 5.41) is 6.03. The molecule has 1 atom stereocenters. The molecule has 0 bridgehead atoms. The number of nitrogens with zero attached hydrogens (tertiary/aromatic N) is 1. The Morgan fingerprint density at radius 3 is 2.59 bits per heavy atom. The molecule has 174 valence electrons. The molecule has 2 heterocycles. The number of carbonyl (C=O) groups is 4. The lowest BCUT2D eigenvalue weighted by molar-refractivity contribution is -0.128.